The van der Waals surface area contributed by atoms with Crippen molar-refractivity contribution in [3.8, 4) is 11.5 Å². The number of carbonyl (C=O) groups is 1. The number of hydrogen-bond acceptors (Lipinski definition) is 5. The second-order valence-electron chi connectivity index (χ2n) is 6.01. The van der Waals surface area contributed by atoms with Gasteiger partial charge in [0, 0.05) is 25.2 Å². The summed E-state index contributed by atoms with van der Waals surface area (Å²) in [6.07, 6.45) is 0. The van der Waals surface area contributed by atoms with E-state index in [1.807, 2.05) is 13.8 Å². The van der Waals surface area contributed by atoms with Crippen molar-refractivity contribution in [2.24, 2.45) is 0 Å². The van der Waals surface area contributed by atoms with Gasteiger partial charge < -0.3 is 14.4 Å². The molecule has 0 aromatic heterocycles. The minimum absolute atomic E-state index is 0.111. The van der Waals surface area contributed by atoms with Crippen molar-refractivity contribution in [2.45, 2.75) is 25.3 Å². The number of amides is 1. The van der Waals surface area contributed by atoms with Crippen molar-refractivity contribution in [3.05, 3.63) is 53.6 Å². The number of carbonyl (C=O) groups excluding carboxylic acids is 1. The van der Waals surface area contributed by atoms with E-state index in [4.69, 9.17) is 9.47 Å². The number of sulfonamides is 1. The second kappa shape index (κ2) is 7.98. The molecule has 0 radical (unpaired) electrons. The second-order valence-corrected chi connectivity index (χ2v) is 7.78. The molecule has 1 N–H and O–H groups in total. The van der Waals surface area contributed by atoms with Crippen molar-refractivity contribution < 1.29 is 22.7 Å². The Morgan fingerprint density at radius 2 is 1.70 bits per heavy atom. The van der Waals surface area contributed by atoms with Gasteiger partial charge in [-0.1, -0.05) is 6.07 Å². The molecular formula is C19H22N2O5S. The molecule has 2 aromatic rings. The summed E-state index contributed by atoms with van der Waals surface area (Å²) >= 11 is 0. The smallest absolute Gasteiger partial charge is 0.253 e. The molecular weight excluding hydrogens is 368 g/mol. The number of benzene rings is 2. The van der Waals surface area contributed by atoms with Gasteiger partial charge in [-0.15, -0.1) is 0 Å². The molecule has 8 heteroatoms. The maximum atomic E-state index is 12.5. The first-order valence-electron chi connectivity index (χ1n) is 8.72. The van der Waals surface area contributed by atoms with E-state index in [0.717, 1.165) is 5.56 Å². The summed E-state index contributed by atoms with van der Waals surface area (Å²) in [4.78, 5) is 14.1. The van der Waals surface area contributed by atoms with Crippen LogP contribution in [-0.2, 0) is 16.6 Å². The van der Waals surface area contributed by atoms with Gasteiger partial charge in [0.25, 0.3) is 5.91 Å². The summed E-state index contributed by atoms with van der Waals surface area (Å²) < 4.78 is 38.1. The van der Waals surface area contributed by atoms with Crippen LogP contribution in [0.4, 0.5) is 0 Å². The van der Waals surface area contributed by atoms with Crippen molar-refractivity contribution >= 4 is 15.9 Å². The number of fused-ring (bicyclic) bond motifs is 1. The molecule has 0 saturated heterocycles. The van der Waals surface area contributed by atoms with Gasteiger partial charge in [-0.2, -0.15) is 0 Å². The predicted octanol–water partition coefficient (Wildman–Crippen LogP) is 2.38. The van der Waals surface area contributed by atoms with Crippen molar-refractivity contribution in [1.29, 1.82) is 0 Å². The van der Waals surface area contributed by atoms with Gasteiger partial charge in [0.05, 0.1) is 4.90 Å². The number of ether oxygens (including phenoxy) is 2. The third kappa shape index (κ3) is 4.23. The highest BCUT2D eigenvalue weighted by atomic mass is 32.2. The molecule has 0 unspecified atom stereocenters. The summed E-state index contributed by atoms with van der Waals surface area (Å²) in [5.41, 5.74) is 1.23. The third-order valence-electron chi connectivity index (χ3n) is 4.37. The largest absolute Gasteiger partial charge is 0.454 e. The summed E-state index contributed by atoms with van der Waals surface area (Å²) in [6, 6.07) is 11.2. The molecule has 0 fully saturated rings. The van der Waals surface area contributed by atoms with Crippen LogP contribution in [0, 0.1) is 0 Å². The molecule has 0 aliphatic carbocycles. The SMILES string of the molecule is CCN(CC)C(=O)c1ccc(S(=O)(=O)NCc2ccc3c(c2)OCO3)cc1. The highest BCUT2D eigenvalue weighted by Gasteiger charge is 2.18. The lowest BCUT2D eigenvalue weighted by atomic mass is 10.2. The van der Waals surface area contributed by atoms with E-state index in [1.165, 1.54) is 24.3 Å². The van der Waals surface area contributed by atoms with Gasteiger partial charge >= 0.3 is 0 Å². The van der Waals surface area contributed by atoms with Crippen LogP contribution in [-0.4, -0.2) is 39.1 Å². The fourth-order valence-electron chi connectivity index (χ4n) is 2.78. The zero-order valence-electron chi connectivity index (χ0n) is 15.3. The Labute approximate surface area is 158 Å². The quantitative estimate of drug-likeness (QED) is 0.785. The van der Waals surface area contributed by atoms with Crippen LogP contribution < -0.4 is 14.2 Å². The highest BCUT2D eigenvalue weighted by Crippen LogP contribution is 2.32. The van der Waals surface area contributed by atoms with Crippen molar-refractivity contribution in [1.82, 2.24) is 9.62 Å². The lowest BCUT2D eigenvalue weighted by Crippen LogP contribution is -2.30. The molecule has 3 rings (SSSR count). The first-order valence-corrected chi connectivity index (χ1v) is 10.2. The molecule has 2 aromatic carbocycles. The number of nitrogens with zero attached hydrogens (tertiary/aromatic N) is 1. The molecule has 1 aliphatic heterocycles. The fraction of sp³-hybridized carbons (Fsp3) is 0.316. The topological polar surface area (TPSA) is 84.9 Å². The van der Waals surface area contributed by atoms with E-state index >= 15 is 0 Å². The molecule has 0 atom stereocenters. The number of hydrogen-bond donors (Lipinski definition) is 1. The monoisotopic (exact) mass is 390 g/mol. The lowest BCUT2D eigenvalue weighted by molar-refractivity contribution is 0.0773. The Hall–Kier alpha value is -2.58. The van der Waals surface area contributed by atoms with Crippen LogP contribution in [0.3, 0.4) is 0 Å². The Morgan fingerprint density at radius 3 is 2.37 bits per heavy atom. The Balaban J connectivity index is 1.68. The van der Waals surface area contributed by atoms with Gasteiger partial charge in [0.15, 0.2) is 11.5 Å². The maximum absolute atomic E-state index is 12.5. The predicted molar refractivity (Wildman–Crippen MR) is 100 cm³/mol. The first-order chi connectivity index (χ1) is 12.9. The number of rotatable bonds is 7. The summed E-state index contributed by atoms with van der Waals surface area (Å²) in [7, 11) is -3.69. The van der Waals surface area contributed by atoms with Crippen LogP contribution >= 0.6 is 0 Å². The summed E-state index contributed by atoms with van der Waals surface area (Å²) in [5.74, 6) is 1.14. The standard InChI is InChI=1S/C19H22N2O5S/c1-3-21(4-2)19(22)15-6-8-16(9-7-15)27(23,24)20-12-14-5-10-17-18(11-14)26-13-25-17/h5-11,20H,3-4,12-13H2,1-2H3. The molecule has 7 nitrogen and oxygen atoms in total. The minimum Gasteiger partial charge on any atom is -0.454 e. The normalized spacial score (nSPS) is 12.8. The highest BCUT2D eigenvalue weighted by molar-refractivity contribution is 7.89. The lowest BCUT2D eigenvalue weighted by Gasteiger charge is -2.18. The van der Waals surface area contributed by atoms with Gasteiger partial charge in [-0.05, 0) is 55.8 Å². The average Bonchev–Trinajstić information content (AvgIpc) is 3.15. The average molecular weight is 390 g/mol. The van der Waals surface area contributed by atoms with Crippen molar-refractivity contribution in [3.63, 3.8) is 0 Å². The fourth-order valence-corrected chi connectivity index (χ4v) is 3.80. The Morgan fingerprint density at radius 1 is 1.04 bits per heavy atom. The van der Waals surface area contributed by atoms with Crippen molar-refractivity contribution in [2.75, 3.05) is 19.9 Å². The number of nitrogens with one attached hydrogen (secondary N) is 1. The third-order valence-corrected chi connectivity index (χ3v) is 5.78. The van der Waals surface area contributed by atoms with Crippen LogP contribution in [0.2, 0.25) is 0 Å². The van der Waals surface area contributed by atoms with Gasteiger partial charge in [0.1, 0.15) is 0 Å². The molecule has 0 bridgehead atoms. The van der Waals surface area contributed by atoms with Gasteiger partial charge in [-0.3, -0.25) is 4.79 Å². The zero-order valence-corrected chi connectivity index (χ0v) is 16.1. The zero-order chi connectivity index (χ0) is 19.4. The van der Waals surface area contributed by atoms with Crippen LogP contribution in [0.5, 0.6) is 11.5 Å². The molecule has 1 amide bonds. The van der Waals surface area contributed by atoms with Crippen LogP contribution in [0.15, 0.2) is 47.4 Å². The maximum Gasteiger partial charge on any atom is 0.253 e. The first kappa shape index (κ1) is 19.2. The summed E-state index contributed by atoms with van der Waals surface area (Å²) in [6.45, 7) is 5.31. The van der Waals surface area contributed by atoms with Crippen LogP contribution in [0.1, 0.15) is 29.8 Å². The van der Waals surface area contributed by atoms with Crippen LogP contribution in [0.25, 0.3) is 0 Å². The van der Waals surface area contributed by atoms with E-state index in [9.17, 15) is 13.2 Å². The van der Waals surface area contributed by atoms with E-state index in [0.29, 0.717) is 30.2 Å². The van der Waals surface area contributed by atoms with E-state index in [2.05, 4.69) is 4.72 Å². The molecule has 0 saturated carbocycles. The van der Waals surface area contributed by atoms with Gasteiger partial charge in [-0.25, -0.2) is 13.1 Å². The van der Waals surface area contributed by atoms with E-state index in [1.54, 1.807) is 23.1 Å². The minimum atomic E-state index is -3.69. The Bertz CT molecular complexity index is 922. The molecule has 0 spiro atoms. The van der Waals surface area contributed by atoms with E-state index in [-0.39, 0.29) is 24.1 Å². The molecule has 144 valence electrons. The summed E-state index contributed by atoms with van der Waals surface area (Å²) in [5, 5.41) is 0. The van der Waals surface area contributed by atoms with E-state index < -0.39 is 10.0 Å². The molecule has 27 heavy (non-hydrogen) atoms. The molecule has 1 heterocycles. The Kier molecular flexibility index (Phi) is 5.67. The molecule has 1 aliphatic rings. The van der Waals surface area contributed by atoms with Gasteiger partial charge in [0.2, 0.25) is 16.8 Å².